The first-order valence-electron chi connectivity index (χ1n) is 8.15. The van der Waals surface area contributed by atoms with Crippen molar-refractivity contribution in [2.24, 2.45) is 5.92 Å². The molecule has 0 amide bonds. The number of piperidine rings is 1. The molecule has 0 bridgehead atoms. The van der Waals surface area contributed by atoms with Gasteiger partial charge in [-0.15, -0.1) is 11.3 Å². The number of carbonyl (C=O) groups excluding carboxylic acids is 1. The van der Waals surface area contributed by atoms with Gasteiger partial charge in [0, 0.05) is 29.1 Å². The number of nitrogens with zero attached hydrogens (tertiary/aromatic N) is 2. The largest absolute Gasteiger partial charge is 0.459 e. The van der Waals surface area contributed by atoms with Crippen molar-refractivity contribution in [1.29, 1.82) is 0 Å². The summed E-state index contributed by atoms with van der Waals surface area (Å²) in [6.07, 6.45) is 2.16. The van der Waals surface area contributed by atoms with E-state index >= 15 is 0 Å². The lowest BCUT2D eigenvalue weighted by molar-refractivity contribution is -0.151. The van der Waals surface area contributed by atoms with Crippen LogP contribution in [0.2, 0.25) is 5.02 Å². The second-order valence-electron chi connectivity index (χ2n) is 6.19. The third-order valence-electron chi connectivity index (χ3n) is 4.26. The summed E-state index contributed by atoms with van der Waals surface area (Å²) in [6.45, 7) is 0.835. The van der Waals surface area contributed by atoms with Crippen LogP contribution in [-0.4, -0.2) is 43.0 Å². The Morgan fingerprint density at radius 2 is 1.96 bits per heavy atom. The maximum atomic E-state index is 12.2. The fraction of sp³-hybridized carbons (Fsp3) is 0.412. The van der Waals surface area contributed by atoms with Gasteiger partial charge in [0.25, 0.3) is 0 Å². The number of sulfonamides is 1. The average molecular weight is 415 g/mol. The van der Waals surface area contributed by atoms with Gasteiger partial charge >= 0.3 is 5.97 Å². The number of hydrogen-bond acceptors (Lipinski definition) is 6. The van der Waals surface area contributed by atoms with Crippen LogP contribution in [0.3, 0.4) is 0 Å². The van der Waals surface area contributed by atoms with Gasteiger partial charge in [0.05, 0.1) is 17.9 Å². The van der Waals surface area contributed by atoms with Gasteiger partial charge in [-0.05, 0) is 25.0 Å². The number of carbonyl (C=O) groups is 1. The van der Waals surface area contributed by atoms with E-state index in [1.165, 1.54) is 21.9 Å². The Bertz CT molecular complexity index is 872. The molecule has 6 nitrogen and oxygen atoms in total. The first-order chi connectivity index (χ1) is 12.3. The molecule has 3 rings (SSSR count). The van der Waals surface area contributed by atoms with Crippen molar-refractivity contribution < 1.29 is 17.9 Å². The second kappa shape index (κ2) is 8.04. The molecule has 9 heteroatoms. The lowest BCUT2D eigenvalue weighted by atomic mass is 9.98. The van der Waals surface area contributed by atoms with Gasteiger partial charge in [-0.2, -0.15) is 0 Å². The summed E-state index contributed by atoms with van der Waals surface area (Å²) in [7, 11) is -3.19. The number of esters is 1. The predicted molar refractivity (Wildman–Crippen MR) is 101 cm³/mol. The fourth-order valence-electron chi connectivity index (χ4n) is 2.78. The lowest BCUT2D eigenvalue weighted by Crippen LogP contribution is -2.40. The Balaban J connectivity index is 1.52. The molecule has 1 fully saturated rings. The normalized spacial score (nSPS) is 16.5. The van der Waals surface area contributed by atoms with E-state index in [1.807, 2.05) is 17.5 Å². The van der Waals surface area contributed by atoms with Crippen molar-refractivity contribution in [3.8, 4) is 10.6 Å². The molecule has 0 N–H and O–H groups in total. The van der Waals surface area contributed by atoms with Gasteiger partial charge in [-0.1, -0.05) is 23.7 Å². The van der Waals surface area contributed by atoms with E-state index < -0.39 is 10.0 Å². The molecule has 0 aliphatic carbocycles. The highest BCUT2D eigenvalue weighted by Crippen LogP contribution is 2.26. The zero-order valence-electron chi connectivity index (χ0n) is 14.2. The van der Waals surface area contributed by atoms with E-state index in [4.69, 9.17) is 16.3 Å². The van der Waals surface area contributed by atoms with Crippen LogP contribution in [0.4, 0.5) is 0 Å². The van der Waals surface area contributed by atoms with Crippen molar-refractivity contribution in [3.05, 3.63) is 40.4 Å². The molecule has 0 unspecified atom stereocenters. The summed E-state index contributed by atoms with van der Waals surface area (Å²) in [4.78, 5) is 16.7. The Morgan fingerprint density at radius 1 is 1.31 bits per heavy atom. The first kappa shape index (κ1) is 19.3. The Morgan fingerprint density at radius 3 is 2.58 bits per heavy atom. The molecule has 140 valence electrons. The monoisotopic (exact) mass is 414 g/mol. The molecular weight excluding hydrogens is 396 g/mol. The number of rotatable bonds is 5. The van der Waals surface area contributed by atoms with Gasteiger partial charge in [-0.25, -0.2) is 17.7 Å². The smallest absolute Gasteiger partial charge is 0.309 e. The van der Waals surface area contributed by atoms with E-state index in [2.05, 4.69) is 4.98 Å². The summed E-state index contributed by atoms with van der Waals surface area (Å²) in [6, 6.07) is 7.40. The maximum absolute atomic E-state index is 12.2. The highest BCUT2D eigenvalue weighted by atomic mass is 35.5. The average Bonchev–Trinajstić information content (AvgIpc) is 3.08. The molecule has 1 aromatic carbocycles. The predicted octanol–water partition coefficient (Wildman–Crippen LogP) is 3.18. The molecule has 1 aliphatic heterocycles. The van der Waals surface area contributed by atoms with Crippen LogP contribution in [-0.2, 0) is 26.2 Å². The number of benzene rings is 1. The number of aromatic nitrogens is 1. The molecule has 1 aromatic heterocycles. The molecule has 26 heavy (non-hydrogen) atoms. The zero-order chi connectivity index (χ0) is 18.7. The van der Waals surface area contributed by atoms with Gasteiger partial charge in [0.2, 0.25) is 10.0 Å². The molecule has 0 atom stereocenters. The molecular formula is C17H19ClN2O4S2. The van der Waals surface area contributed by atoms with E-state index in [0.717, 1.165) is 10.6 Å². The summed E-state index contributed by atoms with van der Waals surface area (Å²) in [5.74, 6) is -0.554. The van der Waals surface area contributed by atoms with E-state index in [0.29, 0.717) is 36.6 Å². The number of ether oxygens (including phenoxy) is 1. The second-order valence-corrected chi connectivity index (χ2v) is 9.47. The van der Waals surface area contributed by atoms with E-state index in [-0.39, 0.29) is 18.5 Å². The van der Waals surface area contributed by atoms with Crippen molar-refractivity contribution >= 4 is 38.9 Å². The van der Waals surface area contributed by atoms with Gasteiger partial charge in [0.15, 0.2) is 0 Å². The van der Waals surface area contributed by atoms with Crippen LogP contribution >= 0.6 is 22.9 Å². The SMILES string of the molecule is CS(=O)(=O)N1CCC(C(=O)OCc2csc(-c3ccc(Cl)cc3)n2)CC1. The van der Waals surface area contributed by atoms with Gasteiger partial charge < -0.3 is 4.74 Å². The first-order valence-corrected chi connectivity index (χ1v) is 11.3. The minimum Gasteiger partial charge on any atom is -0.459 e. The van der Waals surface area contributed by atoms with Crippen molar-refractivity contribution in [3.63, 3.8) is 0 Å². The molecule has 1 saturated heterocycles. The molecule has 0 radical (unpaired) electrons. The minimum atomic E-state index is -3.19. The fourth-order valence-corrected chi connectivity index (χ4v) is 4.60. The Kier molecular flexibility index (Phi) is 5.96. The molecule has 0 spiro atoms. The highest BCUT2D eigenvalue weighted by Gasteiger charge is 2.29. The molecule has 0 saturated carbocycles. The van der Waals surface area contributed by atoms with Crippen molar-refractivity contribution in [2.45, 2.75) is 19.4 Å². The zero-order valence-corrected chi connectivity index (χ0v) is 16.6. The third-order valence-corrected chi connectivity index (χ3v) is 6.76. The quantitative estimate of drug-likeness (QED) is 0.702. The molecule has 1 aliphatic rings. The topological polar surface area (TPSA) is 76.6 Å². The van der Waals surface area contributed by atoms with Crippen LogP contribution in [0.15, 0.2) is 29.6 Å². The van der Waals surface area contributed by atoms with Gasteiger partial charge in [-0.3, -0.25) is 4.79 Å². The van der Waals surface area contributed by atoms with E-state index in [1.54, 1.807) is 12.1 Å². The lowest BCUT2D eigenvalue weighted by Gasteiger charge is -2.28. The maximum Gasteiger partial charge on any atom is 0.309 e. The summed E-state index contributed by atoms with van der Waals surface area (Å²) in [5.41, 5.74) is 1.66. The number of hydrogen-bond donors (Lipinski definition) is 0. The Labute approximate surface area is 161 Å². The number of thiazole rings is 1. The summed E-state index contributed by atoms with van der Waals surface area (Å²) < 4.78 is 29.8. The summed E-state index contributed by atoms with van der Waals surface area (Å²) >= 11 is 7.37. The van der Waals surface area contributed by atoms with Gasteiger partial charge in [0.1, 0.15) is 11.6 Å². The van der Waals surface area contributed by atoms with Crippen LogP contribution in [0, 0.1) is 5.92 Å². The standard InChI is InChI=1S/C17H19ClN2O4S2/c1-26(22,23)20-8-6-13(7-9-20)17(21)24-10-15-11-25-16(19-15)12-2-4-14(18)5-3-12/h2-5,11,13H,6-10H2,1H3. The van der Waals surface area contributed by atoms with Crippen LogP contribution in [0.1, 0.15) is 18.5 Å². The van der Waals surface area contributed by atoms with Crippen LogP contribution < -0.4 is 0 Å². The number of halogens is 1. The molecule has 2 aromatic rings. The highest BCUT2D eigenvalue weighted by molar-refractivity contribution is 7.88. The van der Waals surface area contributed by atoms with Crippen LogP contribution in [0.5, 0.6) is 0 Å². The van der Waals surface area contributed by atoms with Crippen molar-refractivity contribution in [2.75, 3.05) is 19.3 Å². The minimum absolute atomic E-state index is 0.120. The van der Waals surface area contributed by atoms with Crippen LogP contribution in [0.25, 0.3) is 10.6 Å². The Hall–Kier alpha value is -1.48. The third kappa shape index (κ3) is 4.82. The molecule has 2 heterocycles. The summed E-state index contributed by atoms with van der Waals surface area (Å²) in [5, 5.41) is 3.37. The van der Waals surface area contributed by atoms with E-state index in [9.17, 15) is 13.2 Å². The van der Waals surface area contributed by atoms with Crippen molar-refractivity contribution in [1.82, 2.24) is 9.29 Å².